The van der Waals surface area contributed by atoms with Gasteiger partial charge >= 0.3 is 0 Å². The fraction of sp³-hybridized carbons (Fsp3) is 0.818. The second-order valence-electron chi connectivity index (χ2n) is 3.93. The zero-order valence-corrected chi connectivity index (χ0v) is 8.55. The lowest BCUT2D eigenvalue weighted by Crippen LogP contribution is -2.37. The predicted octanol–water partition coefficient (Wildman–Crippen LogP) is 0.941. The summed E-state index contributed by atoms with van der Waals surface area (Å²) in [4.78, 5) is 2.34. The first-order chi connectivity index (χ1) is 6.33. The highest BCUT2D eigenvalue weighted by atomic mass is 15.1. The van der Waals surface area contributed by atoms with Crippen molar-refractivity contribution in [1.82, 2.24) is 10.2 Å². The third-order valence-electron chi connectivity index (χ3n) is 2.61. The van der Waals surface area contributed by atoms with Crippen LogP contribution in [0.2, 0.25) is 0 Å². The summed E-state index contributed by atoms with van der Waals surface area (Å²) in [5, 5.41) is 3.43. The molecule has 1 aliphatic rings. The van der Waals surface area contributed by atoms with Crippen molar-refractivity contribution < 1.29 is 0 Å². The number of terminal acetylenes is 1. The van der Waals surface area contributed by atoms with Gasteiger partial charge in [0.05, 0.1) is 0 Å². The fourth-order valence-electron chi connectivity index (χ4n) is 1.87. The normalized spacial score (nSPS) is 23.0. The number of rotatable bonds is 4. The van der Waals surface area contributed by atoms with Gasteiger partial charge in [0.25, 0.3) is 0 Å². The summed E-state index contributed by atoms with van der Waals surface area (Å²) in [5.41, 5.74) is 0. The Morgan fingerprint density at radius 3 is 3.08 bits per heavy atom. The summed E-state index contributed by atoms with van der Waals surface area (Å²) in [6, 6.07) is 0. The predicted molar refractivity (Wildman–Crippen MR) is 56.5 cm³/mol. The van der Waals surface area contributed by atoms with Crippen molar-refractivity contribution in [3.05, 3.63) is 0 Å². The van der Waals surface area contributed by atoms with Crippen LogP contribution < -0.4 is 5.32 Å². The van der Waals surface area contributed by atoms with Gasteiger partial charge in [-0.15, -0.1) is 12.3 Å². The molecule has 1 heterocycles. The van der Waals surface area contributed by atoms with Crippen molar-refractivity contribution in [3.63, 3.8) is 0 Å². The van der Waals surface area contributed by atoms with Crippen LogP contribution in [-0.2, 0) is 0 Å². The molecule has 0 radical (unpaired) electrons. The molecule has 0 aromatic heterocycles. The second kappa shape index (κ2) is 6.01. The molecular formula is C11H20N2. The maximum Gasteiger partial charge on any atom is 0.0214 e. The van der Waals surface area contributed by atoms with Crippen LogP contribution in [-0.4, -0.2) is 38.1 Å². The summed E-state index contributed by atoms with van der Waals surface area (Å²) < 4.78 is 0. The molecular weight excluding hydrogens is 160 g/mol. The molecule has 2 nitrogen and oxygen atoms in total. The van der Waals surface area contributed by atoms with Gasteiger partial charge in [-0.3, -0.25) is 0 Å². The van der Waals surface area contributed by atoms with Crippen molar-refractivity contribution >= 4 is 0 Å². The molecule has 1 fully saturated rings. The molecule has 0 amide bonds. The van der Waals surface area contributed by atoms with Crippen molar-refractivity contribution in [2.75, 3.05) is 33.2 Å². The van der Waals surface area contributed by atoms with Gasteiger partial charge in [-0.25, -0.2) is 0 Å². The van der Waals surface area contributed by atoms with E-state index in [1.807, 2.05) is 0 Å². The van der Waals surface area contributed by atoms with E-state index >= 15 is 0 Å². The van der Waals surface area contributed by atoms with Crippen LogP contribution in [0.1, 0.15) is 19.3 Å². The minimum absolute atomic E-state index is 0.830. The quantitative estimate of drug-likeness (QED) is 0.648. The van der Waals surface area contributed by atoms with E-state index < -0.39 is 0 Å². The Hall–Kier alpha value is -0.520. The van der Waals surface area contributed by atoms with E-state index in [1.165, 1.54) is 32.5 Å². The Balaban J connectivity index is 2.11. The number of nitrogens with one attached hydrogen (secondary N) is 1. The van der Waals surface area contributed by atoms with Gasteiger partial charge in [-0.1, -0.05) is 0 Å². The van der Waals surface area contributed by atoms with Gasteiger partial charge < -0.3 is 10.2 Å². The van der Waals surface area contributed by atoms with Crippen LogP contribution in [0.3, 0.4) is 0 Å². The minimum Gasteiger partial charge on any atom is -0.316 e. The third kappa shape index (κ3) is 4.31. The van der Waals surface area contributed by atoms with E-state index in [-0.39, 0.29) is 0 Å². The Kier molecular flexibility index (Phi) is 4.88. The third-order valence-corrected chi connectivity index (χ3v) is 2.61. The summed E-state index contributed by atoms with van der Waals surface area (Å²) in [5.74, 6) is 3.51. The lowest BCUT2D eigenvalue weighted by Gasteiger charge is -2.27. The lowest BCUT2D eigenvalue weighted by molar-refractivity contribution is 0.247. The maximum absolute atomic E-state index is 5.22. The molecule has 0 aliphatic carbocycles. The highest BCUT2D eigenvalue weighted by Crippen LogP contribution is 2.10. The summed E-state index contributed by atoms with van der Waals surface area (Å²) in [6.45, 7) is 4.60. The molecule has 74 valence electrons. The fourth-order valence-corrected chi connectivity index (χ4v) is 1.87. The van der Waals surface area contributed by atoms with E-state index in [0.29, 0.717) is 0 Å². The van der Waals surface area contributed by atoms with Gasteiger partial charge in [0.2, 0.25) is 0 Å². The van der Waals surface area contributed by atoms with Crippen LogP contribution in [0.15, 0.2) is 0 Å². The van der Waals surface area contributed by atoms with Crippen LogP contribution in [0.4, 0.5) is 0 Å². The van der Waals surface area contributed by atoms with Crippen molar-refractivity contribution in [1.29, 1.82) is 0 Å². The van der Waals surface area contributed by atoms with Gasteiger partial charge in [0.1, 0.15) is 0 Å². The van der Waals surface area contributed by atoms with Gasteiger partial charge in [0, 0.05) is 19.5 Å². The molecule has 0 saturated carbocycles. The molecule has 0 aromatic carbocycles. The first-order valence-electron chi connectivity index (χ1n) is 5.15. The maximum atomic E-state index is 5.22. The van der Waals surface area contributed by atoms with Crippen molar-refractivity contribution in [3.8, 4) is 12.3 Å². The molecule has 1 unspecified atom stereocenters. The van der Waals surface area contributed by atoms with E-state index in [0.717, 1.165) is 18.9 Å². The van der Waals surface area contributed by atoms with E-state index in [2.05, 4.69) is 23.2 Å². The molecule has 0 bridgehead atoms. The molecule has 2 heteroatoms. The van der Waals surface area contributed by atoms with E-state index in [9.17, 15) is 0 Å². The average Bonchev–Trinajstić information content (AvgIpc) is 2.16. The smallest absolute Gasteiger partial charge is 0.0214 e. The second-order valence-corrected chi connectivity index (χ2v) is 3.93. The molecule has 1 rings (SSSR count). The van der Waals surface area contributed by atoms with Crippen LogP contribution in [0.25, 0.3) is 0 Å². The molecule has 1 N–H and O–H groups in total. The topological polar surface area (TPSA) is 15.3 Å². The largest absolute Gasteiger partial charge is 0.316 e. The highest BCUT2D eigenvalue weighted by molar-refractivity contribution is 4.84. The highest BCUT2D eigenvalue weighted by Gasteiger charge is 2.14. The molecule has 0 aromatic rings. The van der Waals surface area contributed by atoms with Crippen LogP contribution in [0.5, 0.6) is 0 Å². The Labute approximate surface area is 81.7 Å². The Morgan fingerprint density at radius 1 is 1.62 bits per heavy atom. The zero-order valence-electron chi connectivity index (χ0n) is 8.55. The lowest BCUT2D eigenvalue weighted by atomic mass is 9.99. The first-order valence-corrected chi connectivity index (χ1v) is 5.15. The Bertz CT molecular complexity index is 165. The number of hydrogen-bond donors (Lipinski definition) is 1. The Morgan fingerprint density at radius 2 is 2.46 bits per heavy atom. The SMILES string of the molecule is C#CCCN(C)CC1CCCNC1. The summed E-state index contributed by atoms with van der Waals surface area (Å²) in [6.07, 6.45) is 8.79. The first kappa shape index (κ1) is 10.6. The number of piperidine rings is 1. The molecule has 1 saturated heterocycles. The van der Waals surface area contributed by atoms with Gasteiger partial charge in [-0.05, 0) is 38.9 Å². The van der Waals surface area contributed by atoms with Crippen LogP contribution in [0, 0.1) is 18.3 Å². The average molecular weight is 180 g/mol. The molecule has 1 atom stereocenters. The monoisotopic (exact) mass is 180 g/mol. The molecule has 1 aliphatic heterocycles. The van der Waals surface area contributed by atoms with Crippen LogP contribution >= 0.6 is 0 Å². The van der Waals surface area contributed by atoms with Gasteiger partial charge in [0.15, 0.2) is 0 Å². The zero-order chi connectivity index (χ0) is 9.52. The van der Waals surface area contributed by atoms with E-state index in [1.54, 1.807) is 0 Å². The standard InChI is InChI=1S/C11H20N2/c1-3-4-8-13(2)10-11-6-5-7-12-9-11/h1,11-12H,4-10H2,2H3. The molecule has 0 spiro atoms. The minimum atomic E-state index is 0.830. The summed E-state index contributed by atoms with van der Waals surface area (Å²) in [7, 11) is 2.16. The molecule has 13 heavy (non-hydrogen) atoms. The number of hydrogen-bond acceptors (Lipinski definition) is 2. The number of nitrogens with zero attached hydrogens (tertiary/aromatic N) is 1. The summed E-state index contributed by atoms with van der Waals surface area (Å²) >= 11 is 0. The van der Waals surface area contributed by atoms with Crippen molar-refractivity contribution in [2.45, 2.75) is 19.3 Å². The van der Waals surface area contributed by atoms with E-state index in [4.69, 9.17) is 6.42 Å². The van der Waals surface area contributed by atoms with Gasteiger partial charge in [-0.2, -0.15) is 0 Å². The van der Waals surface area contributed by atoms with Crippen molar-refractivity contribution in [2.24, 2.45) is 5.92 Å².